The van der Waals surface area contributed by atoms with Crippen LogP contribution in [0.5, 0.6) is 0 Å². The van der Waals surface area contributed by atoms with Gasteiger partial charge in [0.1, 0.15) is 0 Å². The van der Waals surface area contributed by atoms with E-state index in [-0.39, 0.29) is 18.9 Å². The molecule has 0 fully saturated rings. The Labute approximate surface area is 151 Å². The average Bonchev–Trinajstić information content (AvgIpc) is 2.34. The Bertz CT molecular complexity index is 558. The van der Waals surface area contributed by atoms with Gasteiger partial charge in [0.2, 0.25) is 0 Å². The maximum absolute atomic E-state index is 12.9. The van der Waals surface area contributed by atoms with Crippen LogP contribution in [0.1, 0.15) is 0 Å². The topological polar surface area (TPSA) is 49.4 Å². The van der Waals surface area contributed by atoms with Crippen molar-refractivity contribution in [3.05, 3.63) is 0 Å². The Morgan fingerprint density at radius 1 is 0.556 bits per heavy atom. The van der Waals surface area contributed by atoms with Crippen LogP contribution in [-0.4, -0.2) is 50.7 Å². The summed E-state index contributed by atoms with van der Waals surface area (Å²) in [5.41, 5.74) is 0. The van der Waals surface area contributed by atoms with Gasteiger partial charge in [-0.15, -0.1) is 0 Å². The van der Waals surface area contributed by atoms with Gasteiger partial charge in [-0.2, -0.15) is 65.9 Å². The molecule has 0 aliphatic carbocycles. The predicted octanol–water partition coefficient (Wildman–Crippen LogP) is 1.13. The van der Waals surface area contributed by atoms with Crippen LogP contribution in [-0.2, 0) is 15.5 Å². The number of hydrogen-bond donors (Lipinski definition) is 0. The van der Waals surface area contributed by atoms with Crippen LogP contribution in [0.4, 0.5) is 65.9 Å². The molecule has 0 aromatic rings. The van der Waals surface area contributed by atoms with Crippen LogP contribution >= 0.6 is 0 Å². The molecule has 0 radical (unpaired) electrons. The summed E-state index contributed by atoms with van der Waals surface area (Å²) in [5, 5.41) is 0. The molecule has 0 saturated carbocycles. The zero-order chi connectivity index (χ0) is 21.8. The largest absolute Gasteiger partial charge is 1.00 e. The zero-order valence-corrected chi connectivity index (χ0v) is 12.6. The fourth-order valence-corrected chi connectivity index (χ4v) is 1.37. The Morgan fingerprint density at radius 3 is 1.07 bits per heavy atom. The van der Waals surface area contributed by atoms with Gasteiger partial charge in [-0.05, 0) is 0 Å². The molecule has 0 bridgehead atoms. The molecule has 0 rings (SSSR count). The van der Waals surface area contributed by atoms with Crippen LogP contribution in [0, 0.1) is 0 Å². The molecule has 0 heterocycles. The third-order valence-electron chi connectivity index (χ3n) is 2.47. The minimum absolute atomic E-state index is 0. The first kappa shape index (κ1) is 28.8. The first-order valence-corrected chi connectivity index (χ1v) is 6.04. The summed E-state index contributed by atoms with van der Waals surface area (Å²) in [6.07, 6.45) is -15.0. The second-order valence-corrected chi connectivity index (χ2v) is 4.75. The molecule has 20 heteroatoms. The van der Waals surface area contributed by atoms with Crippen molar-refractivity contribution in [1.29, 1.82) is 0 Å². The Kier molecular flexibility index (Phi) is 7.96. The van der Waals surface area contributed by atoms with Crippen LogP contribution in [0.15, 0.2) is 0 Å². The second-order valence-electron chi connectivity index (χ2n) is 4.17. The van der Waals surface area contributed by atoms with E-state index < -0.39 is 53.3 Å². The number of hydrogen-bond acceptors (Lipinski definition) is 3. The Hall–Kier alpha value is -0.383. The molecule has 1 atom stereocenters. The van der Waals surface area contributed by atoms with Crippen molar-refractivity contribution in [3.8, 4) is 0 Å². The van der Waals surface area contributed by atoms with Gasteiger partial charge in [0.15, 0.2) is 0 Å². The fourth-order valence-electron chi connectivity index (χ4n) is 1.09. The van der Waals surface area contributed by atoms with E-state index >= 15 is 0 Å². The summed E-state index contributed by atoms with van der Waals surface area (Å²) in [7, 11) is 0. The van der Waals surface area contributed by atoms with Gasteiger partial charge < -0.3 is 4.55 Å². The van der Waals surface area contributed by atoms with Crippen molar-refractivity contribution < 1.29 is 97.7 Å². The smallest absolute Gasteiger partial charge is 0.750 e. The van der Waals surface area contributed by atoms with Crippen LogP contribution in [0.25, 0.3) is 0 Å². The van der Waals surface area contributed by atoms with E-state index in [0.29, 0.717) is 0 Å². The summed E-state index contributed by atoms with van der Waals surface area (Å²) in [6, 6.07) is 0. The van der Waals surface area contributed by atoms with Gasteiger partial charge >= 0.3 is 60.8 Å². The van der Waals surface area contributed by atoms with E-state index in [4.69, 9.17) is 0 Å². The molecule has 0 amide bonds. The molecule has 158 valence electrons. The van der Waals surface area contributed by atoms with Crippen molar-refractivity contribution in [2.75, 3.05) is 0 Å². The van der Waals surface area contributed by atoms with Gasteiger partial charge in [0, 0.05) is 0 Å². The van der Waals surface area contributed by atoms with E-state index in [9.17, 15) is 74.6 Å². The van der Waals surface area contributed by atoms with Crippen molar-refractivity contribution in [3.63, 3.8) is 0 Å². The maximum atomic E-state index is 12.9. The minimum Gasteiger partial charge on any atom is -0.750 e. The maximum Gasteiger partial charge on any atom is 1.00 e. The van der Waals surface area contributed by atoms with Crippen molar-refractivity contribution >= 4 is 11.4 Å². The monoisotopic (exact) mass is 456 g/mol. The molecule has 0 aromatic carbocycles. The third-order valence-corrected chi connectivity index (χ3v) is 2.82. The molecule has 27 heavy (non-hydrogen) atoms. The zero-order valence-electron chi connectivity index (χ0n) is 11.8. The average molecular weight is 456 g/mol. The summed E-state index contributed by atoms with van der Waals surface area (Å²) in [4.78, 5) is 0. The quantitative estimate of drug-likeness (QED) is 0.328. The van der Waals surface area contributed by atoms with E-state index in [1.54, 1.807) is 0 Å². The van der Waals surface area contributed by atoms with Gasteiger partial charge in [-0.25, -0.2) is 8.39 Å². The normalized spacial score (nSPS) is 16.7. The Morgan fingerprint density at radius 2 is 0.815 bits per heavy atom. The van der Waals surface area contributed by atoms with Crippen LogP contribution < -0.4 is 18.9 Å². The molecule has 3 nitrogen and oxygen atoms in total. The van der Waals surface area contributed by atoms with E-state index in [0.717, 1.165) is 0 Å². The summed E-state index contributed by atoms with van der Waals surface area (Å²) in [5.74, 6) is -41.4. The molecule has 0 aromatic heterocycles. The van der Waals surface area contributed by atoms with Crippen molar-refractivity contribution in [2.45, 2.75) is 41.9 Å². The second kappa shape index (κ2) is 7.46. The van der Waals surface area contributed by atoms with Gasteiger partial charge in [0.05, 0.1) is 11.4 Å². The van der Waals surface area contributed by atoms with E-state index in [1.165, 1.54) is 0 Å². The van der Waals surface area contributed by atoms with Crippen molar-refractivity contribution in [1.82, 2.24) is 0 Å². The summed E-state index contributed by atoms with van der Waals surface area (Å²) in [6.45, 7) is 0. The summed E-state index contributed by atoms with van der Waals surface area (Å²) < 4.78 is 209. The third kappa shape index (κ3) is 4.16. The molecule has 0 spiro atoms. The van der Waals surface area contributed by atoms with Gasteiger partial charge in [-0.1, -0.05) is 0 Å². The first-order valence-electron chi connectivity index (χ1n) is 5.04. The number of rotatable bonds is 7. The Balaban J connectivity index is 0. The standard InChI is InChI=1S/C7HF15O3S.Li/c8-1(9,2(10,11)4(14,15)6(18,19)20)3(12,13)5(16,17)7(21,22)25-26(23)24;/h(H,23,24);/q;+1/p-1. The van der Waals surface area contributed by atoms with Gasteiger partial charge in [-0.3, -0.25) is 0 Å². The molecule has 1 unspecified atom stereocenters. The number of halogens is 15. The molecule has 0 aliphatic heterocycles. The molecular weight excluding hydrogens is 456 g/mol. The molecule has 0 saturated heterocycles. The first-order chi connectivity index (χ1) is 10.9. The van der Waals surface area contributed by atoms with Gasteiger partial charge in [0.25, 0.3) is 0 Å². The van der Waals surface area contributed by atoms with E-state index in [1.807, 2.05) is 4.18 Å². The molecule has 0 N–H and O–H groups in total. The SMILES string of the molecule is O=S([O-])OC(F)(F)C(F)(F)C(F)(F)C(F)(F)C(F)(F)C(F)(F)C(F)(F)F.[Li+]. The minimum atomic E-state index is -8.49. The fraction of sp³-hybridized carbons (Fsp3) is 1.00. The molecule has 0 aliphatic rings. The van der Waals surface area contributed by atoms with Crippen LogP contribution in [0.3, 0.4) is 0 Å². The molecular formula is C7F15LiO3S. The van der Waals surface area contributed by atoms with E-state index in [2.05, 4.69) is 0 Å². The summed E-state index contributed by atoms with van der Waals surface area (Å²) >= 11 is -4.87. The predicted molar refractivity (Wildman–Crippen MR) is 45.7 cm³/mol. The number of alkyl halides is 15. The van der Waals surface area contributed by atoms with Crippen molar-refractivity contribution in [2.24, 2.45) is 0 Å². The van der Waals surface area contributed by atoms with Crippen LogP contribution in [0.2, 0.25) is 0 Å².